The zero-order chi connectivity index (χ0) is 11.7. The molecule has 15 heavy (non-hydrogen) atoms. The second-order valence-electron chi connectivity index (χ2n) is 4.20. The van der Waals surface area contributed by atoms with Crippen molar-refractivity contribution in [3.8, 4) is 0 Å². The first-order valence-electron chi connectivity index (χ1n) is 5.54. The Balaban J connectivity index is 3.22. The van der Waals surface area contributed by atoms with Crippen LogP contribution in [0, 0.1) is 5.92 Å². The van der Waals surface area contributed by atoms with Crippen LogP contribution in [0.1, 0.15) is 27.2 Å². The summed E-state index contributed by atoms with van der Waals surface area (Å²) in [5.74, 6) is 5.75. The Morgan fingerprint density at radius 3 is 1.93 bits per heavy atom. The first-order chi connectivity index (χ1) is 7.02. The third-order valence-electron chi connectivity index (χ3n) is 1.88. The molecule has 92 valence electrons. The van der Waals surface area contributed by atoms with Gasteiger partial charge in [0, 0.05) is 22.0 Å². The Kier molecular flexibility index (Phi) is 11.5. The molecule has 0 aromatic carbocycles. The van der Waals surface area contributed by atoms with E-state index in [0.717, 1.165) is 5.92 Å². The fraction of sp³-hybridized carbons (Fsp3) is 1.00. The molecule has 3 atom stereocenters. The molecule has 0 aliphatic carbocycles. The maximum absolute atomic E-state index is 4.38. The van der Waals surface area contributed by atoms with E-state index in [2.05, 4.69) is 46.0 Å². The molecule has 0 nitrogen and oxygen atoms in total. The monoisotopic (exact) mass is 284 g/mol. The number of rotatable bonds is 9. The predicted octanol–water partition coefficient (Wildman–Crippen LogP) is 4.12. The summed E-state index contributed by atoms with van der Waals surface area (Å²) in [5, 5.41) is 1.06. The van der Waals surface area contributed by atoms with Gasteiger partial charge in [-0.3, -0.25) is 0 Å². The molecule has 3 unspecified atom stereocenters. The van der Waals surface area contributed by atoms with Crippen molar-refractivity contribution in [2.75, 3.05) is 23.0 Å². The van der Waals surface area contributed by atoms with Crippen LogP contribution in [0.25, 0.3) is 0 Å². The number of thioether (sulfide) groups is 2. The van der Waals surface area contributed by atoms with E-state index in [1.807, 2.05) is 23.5 Å². The van der Waals surface area contributed by atoms with Crippen molar-refractivity contribution >= 4 is 48.8 Å². The first-order valence-corrected chi connectivity index (χ1v) is 8.88. The minimum atomic E-state index is 0.529. The molecule has 0 N–H and O–H groups in total. The molecule has 0 spiro atoms. The van der Waals surface area contributed by atoms with Crippen LogP contribution in [0.2, 0.25) is 0 Å². The molecule has 0 aromatic rings. The molecular formula is C11H24S4. The Morgan fingerprint density at radius 2 is 1.40 bits per heavy atom. The minimum Gasteiger partial charge on any atom is -0.175 e. The van der Waals surface area contributed by atoms with Gasteiger partial charge in [-0.15, -0.1) is 0 Å². The van der Waals surface area contributed by atoms with Crippen LogP contribution in [0.15, 0.2) is 0 Å². The summed E-state index contributed by atoms with van der Waals surface area (Å²) in [6.07, 6.45) is 1.33. The average Bonchev–Trinajstić information content (AvgIpc) is 2.11. The highest BCUT2D eigenvalue weighted by Crippen LogP contribution is 2.17. The lowest BCUT2D eigenvalue weighted by atomic mass is 10.2. The zero-order valence-corrected chi connectivity index (χ0v) is 13.4. The summed E-state index contributed by atoms with van der Waals surface area (Å²) in [6, 6.07) is 0. The van der Waals surface area contributed by atoms with Gasteiger partial charge < -0.3 is 0 Å². The normalized spacial score (nSPS) is 17.4. The lowest BCUT2D eigenvalue weighted by Gasteiger charge is -2.12. The van der Waals surface area contributed by atoms with Crippen LogP contribution < -0.4 is 0 Å². The average molecular weight is 285 g/mol. The first kappa shape index (κ1) is 16.4. The van der Waals surface area contributed by atoms with Crippen LogP contribution in [-0.4, -0.2) is 33.5 Å². The molecule has 0 saturated carbocycles. The van der Waals surface area contributed by atoms with E-state index >= 15 is 0 Å². The van der Waals surface area contributed by atoms with Crippen LogP contribution in [0.4, 0.5) is 0 Å². The number of thiol groups is 2. The molecule has 0 radical (unpaired) electrons. The van der Waals surface area contributed by atoms with Gasteiger partial charge in [-0.05, 0) is 23.8 Å². The molecule has 0 aliphatic rings. The van der Waals surface area contributed by atoms with Crippen LogP contribution in [0.5, 0.6) is 0 Å². The summed E-state index contributed by atoms with van der Waals surface area (Å²) in [5.41, 5.74) is 0. The molecule has 0 heterocycles. The van der Waals surface area contributed by atoms with Crippen LogP contribution in [0.3, 0.4) is 0 Å². The van der Waals surface area contributed by atoms with Gasteiger partial charge in [-0.1, -0.05) is 20.8 Å². The molecule has 4 heteroatoms. The second kappa shape index (κ2) is 10.5. The van der Waals surface area contributed by atoms with Gasteiger partial charge >= 0.3 is 0 Å². The summed E-state index contributed by atoms with van der Waals surface area (Å²) in [6.45, 7) is 6.66. The lowest BCUT2D eigenvalue weighted by molar-refractivity contribution is 0.643. The van der Waals surface area contributed by atoms with Crippen LogP contribution in [-0.2, 0) is 0 Å². The van der Waals surface area contributed by atoms with E-state index < -0.39 is 0 Å². The lowest BCUT2D eigenvalue weighted by Crippen LogP contribution is -2.04. The molecule has 0 aromatic heterocycles. The van der Waals surface area contributed by atoms with E-state index in [-0.39, 0.29) is 0 Å². The van der Waals surface area contributed by atoms with Crippen molar-refractivity contribution in [3.63, 3.8) is 0 Å². The fourth-order valence-electron chi connectivity index (χ4n) is 1.06. The van der Waals surface area contributed by atoms with Crippen LogP contribution >= 0.6 is 48.8 Å². The van der Waals surface area contributed by atoms with Crippen molar-refractivity contribution in [2.24, 2.45) is 5.92 Å². The highest BCUT2D eigenvalue weighted by atomic mass is 32.2. The quantitative estimate of drug-likeness (QED) is 0.483. The number of hydrogen-bond donors (Lipinski definition) is 2. The molecule has 0 fully saturated rings. The largest absolute Gasteiger partial charge is 0.175 e. The smallest absolute Gasteiger partial charge is 0.00791 e. The van der Waals surface area contributed by atoms with Crippen molar-refractivity contribution in [2.45, 2.75) is 37.7 Å². The third kappa shape index (κ3) is 13.3. The maximum Gasteiger partial charge on any atom is 0.00791 e. The van der Waals surface area contributed by atoms with Crippen molar-refractivity contribution < 1.29 is 0 Å². The van der Waals surface area contributed by atoms with E-state index in [4.69, 9.17) is 0 Å². The molecular weight excluding hydrogens is 260 g/mol. The van der Waals surface area contributed by atoms with Gasteiger partial charge in [0.25, 0.3) is 0 Å². The minimum absolute atomic E-state index is 0.529. The summed E-state index contributed by atoms with van der Waals surface area (Å²) in [7, 11) is 0. The van der Waals surface area contributed by atoms with Crippen molar-refractivity contribution in [1.29, 1.82) is 0 Å². The van der Waals surface area contributed by atoms with Gasteiger partial charge in [0.05, 0.1) is 0 Å². The van der Waals surface area contributed by atoms with E-state index in [0.29, 0.717) is 10.5 Å². The predicted molar refractivity (Wildman–Crippen MR) is 85.3 cm³/mol. The highest BCUT2D eigenvalue weighted by molar-refractivity contribution is 8.00. The Hall–Kier alpha value is 1.40. The topological polar surface area (TPSA) is 0 Å². The van der Waals surface area contributed by atoms with Gasteiger partial charge in [0.1, 0.15) is 0 Å². The molecule has 0 amide bonds. The molecule has 0 aliphatic heterocycles. The SMILES string of the molecule is CC(S)CSCCC(C)CSCC(C)S. The Bertz CT molecular complexity index is 137. The highest BCUT2D eigenvalue weighted by Gasteiger charge is 2.04. The number of hydrogen-bond acceptors (Lipinski definition) is 4. The van der Waals surface area contributed by atoms with E-state index in [9.17, 15) is 0 Å². The summed E-state index contributed by atoms with van der Waals surface area (Å²) >= 11 is 12.8. The second-order valence-corrected chi connectivity index (χ2v) is 8.19. The van der Waals surface area contributed by atoms with Gasteiger partial charge in [-0.2, -0.15) is 48.8 Å². The van der Waals surface area contributed by atoms with E-state index in [1.54, 1.807) is 0 Å². The third-order valence-corrected chi connectivity index (χ3v) is 5.54. The molecule has 0 saturated heterocycles. The van der Waals surface area contributed by atoms with Gasteiger partial charge in [0.2, 0.25) is 0 Å². The van der Waals surface area contributed by atoms with Gasteiger partial charge in [-0.25, -0.2) is 0 Å². The zero-order valence-electron chi connectivity index (χ0n) is 9.98. The molecule has 0 rings (SSSR count). The van der Waals surface area contributed by atoms with Gasteiger partial charge in [0.15, 0.2) is 0 Å². The summed E-state index contributed by atoms with van der Waals surface area (Å²) in [4.78, 5) is 0. The molecule has 0 bridgehead atoms. The Labute approximate surface area is 115 Å². The Morgan fingerprint density at radius 1 is 0.867 bits per heavy atom. The van der Waals surface area contributed by atoms with Crippen molar-refractivity contribution in [1.82, 2.24) is 0 Å². The maximum atomic E-state index is 4.38. The summed E-state index contributed by atoms with van der Waals surface area (Å²) < 4.78 is 0. The standard InChI is InChI=1S/C11H24S4/c1-9(6-15-8-11(3)13)4-5-14-7-10(2)12/h9-13H,4-8H2,1-3H3. The fourth-order valence-corrected chi connectivity index (χ4v) is 3.82. The van der Waals surface area contributed by atoms with Crippen molar-refractivity contribution in [3.05, 3.63) is 0 Å². The van der Waals surface area contributed by atoms with E-state index in [1.165, 1.54) is 29.4 Å².